The number of methoxy groups -OCH3 is 1. The molecule has 2 N–H and O–H groups in total. The van der Waals surface area contributed by atoms with E-state index in [1.54, 1.807) is 18.9 Å². The maximum atomic E-state index is 10.9. The van der Waals surface area contributed by atoms with Crippen LogP contribution in [0.1, 0.15) is 32.3 Å². The minimum Gasteiger partial charge on any atom is -0.497 e. The summed E-state index contributed by atoms with van der Waals surface area (Å²) in [5.74, 6) is 0.659. The monoisotopic (exact) mass is 374 g/mol. The van der Waals surface area contributed by atoms with Crippen LogP contribution in [-0.2, 0) is 6.42 Å². The molecule has 4 heteroatoms. The molecule has 2 aromatic rings. The highest BCUT2D eigenvalue weighted by Crippen LogP contribution is 2.42. The maximum Gasteiger partial charge on any atom is 0.118 e. The number of aliphatic hydroxyl groups excluding tert-OH is 2. The molecule has 26 heavy (non-hydrogen) atoms. The molecule has 0 heterocycles. The van der Waals surface area contributed by atoms with E-state index in [-0.39, 0.29) is 17.3 Å². The highest BCUT2D eigenvalue weighted by atomic mass is 32.2. The number of benzene rings is 2. The van der Waals surface area contributed by atoms with E-state index in [1.165, 1.54) is 5.56 Å². The molecular formula is C22H30O3S. The molecule has 142 valence electrons. The van der Waals surface area contributed by atoms with Gasteiger partial charge < -0.3 is 14.9 Å². The Kier molecular flexibility index (Phi) is 8.01. The van der Waals surface area contributed by atoms with E-state index in [2.05, 4.69) is 31.2 Å². The van der Waals surface area contributed by atoms with Crippen molar-refractivity contribution in [2.75, 3.05) is 13.7 Å². The zero-order valence-corrected chi connectivity index (χ0v) is 16.7. The SMILES string of the molecule is COc1ccc(S[C@](C)(CCCc2ccccc2)[C@H](O)[C@H](C)CO)cc1. The van der Waals surface area contributed by atoms with E-state index in [0.29, 0.717) is 0 Å². The average Bonchev–Trinajstić information content (AvgIpc) is 2.68. The van der Waals surface area contributed by atoms with Gasteiger partial charge in [0.25, 0.3) is 0 Å². The maximum absolute atomic E-state index is 10.9. The fourth-order valence-corrected chi connectivity index (χ4v) is 4.57. The summed E-state index contributed by atoms with van der Waals surface area (Å²) >= 11 is 1.68. The molecule has 2 rings (SSSR count). The Balaban J connectivity index is 2.09. The topological polar surface area (TPSA) is 49.7 Å². The van der Waals surface area contributed by atoms with E-state index >= 15 is 0 Å². The molecule has 2 aromatic carbocycles. The molecule has 0 saturated heterocycles. The Bertz CT molecular complexity index is 644. The molecule has 0 spiro atoms. The predicted octanol–water partition coefficient (Wildman–Crippen LogP) is 4.56. The van der Waals surface area contributed by atoms with Crippen LogP contribution in [0.4, 0.5) is 0 Å². The van der Waals surface area contributed by atoms with Gasteiger partial charge in [0.15, 0.2) is 0 Å². The molecule has 3 atom stereocenters. The van der Waals surface area contributed by atoms with Gasteiger partial charge in [0.1, 0.15) is 5.75 Å². The van der Waals surface area contributed by atoms with Gasteiger partial charge >= 0.3 is 0 Å². The van der Waals surface area contributed by atoms with Gasteiger partial charge in [0.05, 0.1) is 13.2 Å². The Labute approximate surface area is 161 Å². The standard InChI is InChI=1S/C22H30O3S/c1-17(16-23)21(24)22(2,15-7-10-18-8-5-4-6-9-18)26-20-13-11-19(25-3)12-14-20/h4-6,8-9,11-14,17,21,23-24H,7,10,15-16H2,1-3H3/t17-,21-,22-/m1/s1. The number of rotatable bonds is 10. The van der Waals surface area contributed by atoms with Crippen molar-refractivity contribution < 1.29 is 14.9 Å². The van der Waals surface area contributed by atoms with Crippen LogP contribution in [0.15, 0.2) is 59.5 Å². The predicted molar refractivity (Wildman–Crippen MR) is 109 cm³/mol. The van der Waals surface area contributed by atoms with Crippen LogP contribution in [0.3, 0.4) is 0 Å². The number of thioether (sulfide) groups is 1. The molecule has 0 aliphatic heterocycles. The number of aliphatic hydroxyl groups is 2. The summed E-state index contributed by atoms with van der Waals surface area (Å²) in [7, 11) is 1.66. The minimum atomic E-state index is -0.588. The molecule has 0 bridgehead atoms. The zero-order chi connectivity index (χ0) is 19.0. The molecule has 0 aliphatic rings. The van der Waals surface area contributed by atoms with Crippen molar-refractivity contribution in [3.05, 3.63) is 60.2 Å². The first-order valence-corrected chi connectivity index (χ1v) is 9.96. The zero-order valence-electron chi connectivity index (χ0n) is 15.9. The second-order valence-electron chi connectivity index (χ2n) is 7.03. The summed E-state index contributed by atoms with van der Waals surface area (Å²) in [6.45, 7) is 3.98. The lowest BCUT2D eigenvalue weighted by Gasteiger charge is -2.37. The number of aryl methyl sites for hydroxylation is 1. The molecule has 3 nitrogen and oxygen atoms in total. The van der Waals surface area contributed by atoms with Crippen LogP contribution in [0, 0.1) is 5.92 Å². The third kappa shape index (κ3) is 5.76. The molecule has 0 unspecified atom stereocenters. The van der Waals surface area contributed by atoms with Gasteiger partial charge in [-0.15, -0.1) is 11.8 Å². The molecule has 0 amide bonds. The highest BCUT2D eigenvalue weighted by molar-refractivity contribution is 8.00. The van der Waals surface area contributed by atoms with Gasteiger partial charge in [0.2, 0.25) is 0 Å². The fourth-order valence-electron chi connectivity index (χ4n) is 3.16. The summed E-state index contributed by atoms with van der Waals surface area (Å²) in [6.07, 6.45) is 2.25. The Morgan fingerprint density at radius 3 is 2.31 bits per heavy atom. The molecule has 0 radical (unpaired) electrons. The third-order valence-electron chi connectivity index (χ3n) is 4.84. The molecule has 0 aliphatic carbocycles. The summed E-state index contributed by atoms with van der Waals surface area (Å²) < 4.78 is 4.86. The average molecular weight is 375 g/mol. The molecule has 0 saturated carbocycles. The van der Waals surface area contributed by atoms with Crippen LogP contribution >= 0.6 is 11.8 Å². The van der Waals surface area contributed by atoms with E-state index in [0.717, 1.165) is 29.9 Å². The van der Waals surface area contributed by atoms with E-state index in [9.17, 15) is 10.2 Å². The molecule has 0 aromatic heterocycles. The second-order valence-corrected chi connectivity index (χ2v) is 8.64. The van der Waals surface area contributed by atoms with Gasteiger partial charge in [0, 0.05) is 22.2 Å². The van der Waals surface area contributed by atoms with Crippen molar-refractivity contribution in [3.63, 3.8) is 0 Å². The van der Waals surface area contributed by atoms with Crippen LogP contribution < -0.4 is 4.74 Å². The van der Waals surface area contributed by atoms with E-state index in [4.69, 9.17) is 4.74 Å². The van der Waals surface area contributed by atoms with Crippen LogP contribution in [-0.4, -0.2) is 34.8 Å². The Morgan fingerprint density at radius 1 is 1.08 bits per heavy atom. The Morgan fingerprint density at radius 2 is 1.73 bits per heavy atom. The summed E-state index contributed by atoms with van der Waals surface area (Å²) in [4.78, 5) is 1.09. The van der Waals surface area contributed by atoms with Gasteiger partial charge in [-0.05, 0) is 56.0 Å². The summed E-state index contributed by atoms with van der Waals surface area (Å²) in [6, 6.07) is 18.3. The third-order valence-corrected chi connectivity index (χ3v) is 6.26. The molecular weight excluding hydrogens is 344 g/mol. The van der Waals surface area contributed by atoms with Gasteiger partial charge in [-0.1, -0.05) is 37.3 Å². The van der Waals surface area contributed by atoms with Gasteiger partial charge in [-0.2, -0.15) is 0 Å². The first-order valence-electron chi connectivity index (χ1n) is 9.14. The number of hydrogen-bond acceptors (Lipinski definition) is 4. The first-order chi connectivity index (χ1) is 12.5. The van der Waals surface area contributed by atoms with Crippen LogP contribution in [0.5, 0.6) is 5.75 Å². The smallest absolute Gasteiger partial charge is 0.118 e. The lowest BCUT2D eigenvalue weighted by molar-refractivity contribution is 0.0471. The second kappa shape index (κ2) is 10.0. The van der Waals surface area contributed by atoms with Crippen molar-refractivity contribution in [3.8, 4) is 5.75 Å². The number of hydrogen-bond donors (Lipinski definition) is 2. The summed E-state index contributed by atoms with van der Waals surface area (Å²) in [5, 5.41) is 20.4. The normalized spacial score (nSPS) is 15.9. The largest absolute Gasteiger partial charge is 0.497 e. The van der Waals surface area contributed by atoms with Crippen LogP contribution in [0.2, 0.25) is 0 Å². The van der Waals surface area contributed by atoms with Crippen molar-refractivity contribution in [1.82, 2.24) is 0 Å². The lowest BCUT2D eigenvalue weighted by atomic mass is 9.88. The quantitative estimate of drug-likeness (QED) is 0.599. The fraction of sp³-hybridized carbons (Fsp3) is 0.455. The van der Waals surface area contributed by atoms with Crippen molar-refractivity contribution >= 4 is 11.8 Å². The van der Waals surface area contributed by atoms with Crippen molar-refractivity contribution in [1.29, 1.82) is 0 Å². The summed E-state index contributed by atoms with van der Waals surface area (Å²) in [5.41, 5.74) is 1.31. The highest BCUT2D eigenvalue weighted by Gasteiger charge is 2.36. The van der Waals surface area contributed by atoms with Crippen molar-refractivity contribution in [2.24, 2.45) is 5.92 Å². The minimum absolute atomic E-state index is 0.0153. The Hall–Kier alpha value is -1.49. The van der Waals surface area contributed by atoms with Crippen molar-refractivity contribution in [2.45, 2.75) is 48.9 Å². The first kappa shape index (κ1) is 20.8. The molecule has 0 fully saturated rings. The van der Waals surface area contributed by atoms with E-state index in [1.807, 2.05) is 37.3 Å². The van der Waals surface area contributed by atoms with Gasteiger partial charge in [-0.25, -0.2) is 0 Å². The van der Waals surface area contributed by atoms with E-state index < -0.39 is 6.10 Å². The number of ether oxygens (including phenoxy) is 1. The lowest BCUT2D eigenvalue weighted by Crippen LogP contribution is -2.42. The van der Waals surface area contributed by atoms with Gasteiger partial charge in [-0.3, -0.25) is 0 Å². The van der Waals surface area contributed by atoms with Crippen LogP contribution in [0.25, 0.3) is 0 Å².